The van der Waals surface area contributed by atoms with Crippen molar-refractivity contribution in [3.63, 3.8) is 0 Å². The number of hydrogen-bond acceptors (Lipinski definition) is 4. The molecule has 5 heteroatoms. The standard InChI is InChI=1S/C10H18N2OS2/c1-2-8-7-14-10(11-8)12-9-3-5-15(13)6-4-9/h8-9H,2-7H2,1H3,(H,11,12). The second kappa shape index (κ2) is 5.34. The molecule has 0 aliphatic carbocycles. The summed E-state index contributed by atoms with van der Waals surface area (Å²) in [5.41, 5.74) is 0. The molecule has 2 rings (SSSR count). The van der Waals surface area contributed by atoms with Gasteiger partial charge in [-0.05, 0) is 19.3 Å². The van der Waals surface area contributed by atoms with Crippen molar-refractivity contribution in [3.05, 3.63) is 0 Å². The minimum Gasteiger partial charge on any atom is -0.362 e. The van der Waals surface area contributed by atoms with E-state index in [0.29, 0.717) is 12.1 Å². The Labute approximate surface area is 98.0 Å². The van der Waals surface area contributed by atoms with Crippen LogP contribution in [0.3, 0.4) is 0 Å². The molecule has 0 spiro atoms. The Balaban J connectivity index is 1.80. The molecular weight excluding hydrogens is 228 g/mol. The van der Waals surface area contributed by atoms with Gasteiger partial charge in [0, 0.05) is 34.1 Å². The van der Waals surface area contributed by atoms with E-state index >= 15 is 0 Å². The molecule has 0 aromatic carbocycles. The quantitative estimate of drug-likeness (QED) is 0.800. The van der Waals surface area contributed by atoms with Gasteiger partial charge >= 0.3 is 0 Å². The fourth-order valence-electron chi connectivity index (χ4n) is 1.82. The summed E-state index contributed by atoms with van der Waals surface area (Å²) >= 11 is 1.83. The van der Waals surface area contributed by atoms with Crippen molar-refractivity contribution < 1.29 is 4.21 Å². The monoisotopic (exact) mass is 246 g/mol. The maximum absolute atomic E-state index is 11.2. The fourth-order valence-corrected chi connectivity index (χ4v) is 4.25. The molecule has 0 aromatic rings. The van der Waals surface area contributed by atoms with Gasteiger partial charge in [-0.25, -0.2) is 0 Å². The van der Waals surface area contributed by atoms with Crippen LogP contribution in [0.4, 0.5) is 0 Å². The van der Waals surface area contributed by atoms with Crippen LogP contribution in [0.15, 0.2) is 4.99 Å². The number of amidine groups is 1. The maximum Gasteiger partial charge on any atom is 0.157 e. The van der Waals surface area contributed by atoms with E-state index in [1.54, 1.807) is 0 Å². The van der Waals surface area contributed by atoms with Crippen LogP contribution >= 0.6 is 11.8 Å². The molecule has 1 atom stereocenters. The van der Waals surface area contributed by atoms with Crippen LogP contribution in [0.2, 0.25) is 0 Å². The van der Waals surface area contributed by atoms with Crippen LogP contribution in [-0.2, 0) is 10.8 Å². The van der Waals surface area contributed by atoms with Crippen LogP contribution in [0.25, 0.3) is 0 Å². The summed E-state index contributed by atoms with van der Waals surface area (Å²) in [6.07, 6.45) is 3.19. The van der Waals surface area contributed by atoms with E-state index in [1.807, 2.05) is 11.8 Å². The van der Waals surface area contributed by atoms with Gasteiger partial charge < -0.3 is 5.32 Å². The highest BCUT2D eigenvalue weighted by atomic mass is 32.2. The summed E-state index contributed by atoms with van der Waals surface area (Å²) in [7, 11) is -0.559. The molecule has 0 amide bonds. The van der Waals surface area contributed by atoms with Gasteiger partial charge in [-0.2, -0.15) is 0 Å². The first-order valence-electron chi connectivity index (χ1n) is 5.60. The van der Waals surface area contributed by atoms with Crippen LogP contribution in [0.5, 0.6) is 0 Å². The number of rotatable bonds is 2. The first kappa shape index (κ1) is 11.5. The van der Waals surface area contributed by atoms with Crippen LogP contribution in [0, 0.1) is 0 Å². The Morgan fingerprint density at radius 3 is 2.87 bits per heavy atom. The van der Waals surface area contributed by atoms with Crippen molar-refractivity contribution in [2.24, 2.45) is 4.99 Å². The highest BCUT2D eigenvalue weighted by Crippen LogP contribution is 2.20. The Morgan fingerprint density at radius 1 is 1.53 bits per heavy atom. The van der Waals surface area contributed by atoms with E-state index < -0.39 is 10.8 Å². The minimum absolute atomic E-state index is 0.504. The largest absolute Gasteiger partial charge is 0.362 e. The molecular formula is C10H18N2OS2. The number of aliphatic imine (C=N–C) groups is 1. The lowest BCUT2D eigenvalue weighted by Gasteiger charge is -2.22. The molecule has 0 saturated carbocycles. The summed E-state index contributed by atoms with van der Waals surface area (Å²) in [5, 5.41) is 4.59. The molecule has 86 valence electrons. The van der Waals surface area contributed by atoms with E-state index in [9.17, 15) is 4.21 Å². The Morgan fingerprint density at radius 2 is 2.27 bits per heavy atom. The summed E-state index contributed by atoms with van der Waals surface area (Å²) in [6, 6.07) is 1.01. The zero-order chi connectivity index (χ0) is 10.7. The van der Waals surface area contributed by atoms with Crippen LogP contribution in [-0.4, -0.2) is 38.7 Å². The molecule has 2 aliphatic heterocycles. The number of nitrogens with one attached hydrogen (secondary N) is 1. The topological polar surface area (TPSA) is 41.5 Å². The molecule has 1 fully saturated rings. The highest BCUT2D eigenvalue weighted by molar-refractivity contribution is 8.14. The van der Waals surface area contributed by atoms with Crippen molar-refractivity contribution in [3.8, 4) is 0 Å². The summed E-state index contributed by atoms with van der Waals surface area (Å²) in [5.74, 6) is 2.83. The molecule has 1 saturated heterocycles. The lowest BCUT2D eigenvalue weighted by molar-refractivity contribution is 0.553. The Kier molecular flexibility index (Phi) is 4.08. The molecule has 3 nitrogen and oxygen atoms in total. The van der Waals surface area contributed by atoms with Gasteiger partial charge in [-0.1, -0.05) is 18.7 Å². The first-order chi connectivity index (χ1) is 7.28. The molecule has 0 aromatic heterocycles. The van der Waals surface area contributed by atoms with Gasteiger partial charge in [-0.3, -0.25) is 9.20 Å². The Bertz CT molecular complexity index is 271. The third-order valence-corrected chi connectivity index (χ3v) is 5.33. The van der Waals surface area contributed by atoms with Gasteiger partial charge in [0.15, 0.2) is 5.17 Å². The average Bonchev–Trinajstić information content (AvgIpc) is 2.69. The normalized spacial score (nSPS) is 36.3. The zero-order valence-corrected chi connectivity index (χ0v) is 10.7. The fraction of sp³-hybridized carbons (Fsp3) is 0.900. The van der Waals surface area contributed by atoms with Gasteiger partial charge in [0.1, 0.15) is 0 Å². The highest BCUT2D eigenvalue weighted by Gasteiger charge is 2.22. The number of hydrogen-bond donors (Lipinski definition) is 1. The number of nitrogens with zero attached hydrogens (tertiary/aromatic N) is 1. The van der Waals surface area contributed by atoms with Gasteiger partial charge in [0.05, 0.1) is 6.04 Å². The van der Waals surface area contributed by atoms with E-state index in [1.165, 1.54) is 0 Å². The third kappa shape index (κ3) is 3.21. The van der Waals surface area contributed by atoms with Crippen molar-refractivity contribution in [1.82, 2.24) is 5.32 Å². The number of thioether (sulfide) groups is 1. The average molecular weight is 246 g/mol. The second-order valence-electron chi connectivity index (χ2n) is 4.07. The molecule has 15 heavy (non-hydrogen) atoms. The molecule has 1 N–H and O–H groups in total. The SMILES string of the molecule is CCC1CSC(NC2CCS(=O)CC2)=N1. The Hall–Kier alpha value is -0.0300. The summed E-state index contributed by atoms with van der Waals surface area (Å²) < 4.78 is 11.2. The van der Waals surface area contributed by atoms with E-state index in [2.05, 4.69) is 17.2 Å². The predicted octanol–water partition coefficient (Wildman–Crippen LogP) is 1.37. The first-order valence-corrected chi connectivity index (χ1v) is 8.07. The molecule has 2 aliphatic rings. The lowest BCUT2D eigenvalue weighted by atomic mass is 10.2. The van der Waals surface area contributed by atoms with E-state index in [-0.39, 0.29) is 0 Å². The molecule has 0 radical (unpaired) electrons. The van der Waals surface area contributed by atoms with Crippen molar-refractivity contribution >= 4 is 27.7 Å². The van der Waals surface area contributed by atoms with Crippen molar-refractivity contribution in [2.75, 3.05) is 17.3 Å². The van der Waals surface area contributed by atoms with Crippen molar-refractivity contribution in [2.45, 2.75) is 38.3 Å². The van der Waals surface area contributed by atoms with Crippen LogP contribution in [0.1, 0.15) is 26.2 Å². The van der Waals surface area contributed by atoms with E-state index in [0.717, 1.165) is 41.7 Å². The van der Waals surface area contributed by atoms with Gasteiger partial charge in [0.25, 0.3) is 0 Å². The van der Waals surface area contributed by atoms with Crippen molar-refractivity contribution in [1.29, 1.82) is 0 Å². The van der Waals surface area contributed by atoms with Gasteiger partial charge in [-0.15, -0.1) is 0 Å². The smallest absolute Gasteiger partial charge is 0.157 e. The second-order valence-corrected chi connectivity index (χ2v) is 6.78. The maximum atomic E-state index is 11.2. The van der Waals surface area contributed by atoms with Crippen LogP contribution < -0.4 is 5.32 Å². The molecule has 2 heterocycles. The lowest BCUT2D eigenvalue weighted by Crippen LogP contribution is -2.37. The molecule has 1 unspecified atom stereocenters. The van der Waals surface area contributed by atoms with E-state index in [4.69, 9.17) is 0 Å². The minimum atomic E-state index is -0.559. The predicted molar refractivity (Wildman–Crippen MR) is 68.0 cm³/mol. The van der Waals surface area contributed by atoms with Gasteiger partial charge in [0.2, 0.25) is 0 Å². The third-order valence-electron chi connectivity index (χ3n) is 2.90. The summed E-state index contributed by atoms with van der Waals surface area (Å²) in [6.45, 7) is 2.18. The zero-order valence-electron chi connectivity index (χ0n) is 9.07. The summed E-state index contributed by atoms with van der Waals surface area (Å²) in [4.78, 5) is 4.61. The molecule has 0 bridgehead atoms.